The van der Waals surface area contributed by atoms with Gasteiger partial charge in [-0.1, -0.05) is 64.0 Å². The van der Waals surface area contributed by atoms with Crippen LogP contribution in [0.2, 0.25) is 0 Å². The van der Waals surface area contributed by atoms with Gasteiger partial charge in [-0.05, 0) is 31.2 Å². The zero-order chi connectivity index (χ0) is 18.4. The first-order valence-corrected chi connectivity index (χ1v) is 9.43. The van der Waals surface area contributed by atoms with Gasteiger partial charge in [-0.15, -0.1) is 0 Å². The summed E-state index contributed by atoms with van der Waals surface area (Å²) in [5, 5.41) is 2.24. The van der Waals surface area contributed by atoms with Gasteiger partial charge in [0.1, 0.15) is 31.3 Å². The second-order valence-electron chi connectivity index (χ2n) is 6.31. The Morgan fingerprint density at radius 2 is 1.69 bits per heavy atom. The van der Waals surface area contributed by atoms with Crippen molar-refractivity contribution in [1.82, 2.24) is 0 Å². The molecule has 0 amide bonds. The third-order valence-corrected chi connectivity index (χ3v) is 4.72. The monoisotopic (exact) mass is 414 g/mol. The molecule has 0 aliphatic heterocycles. The van der Waals surface area contributed by atoms with E-state index >= 15 is 0 Å². The number of aryl methyl sites for hydroxylation is 1. The van der Waals surface area contributed by atoms with Crippen LogP contribution in [0.1, 0.15) is 22.3 Å². The molecule has 0 saturated carbocycles. The summed E-state index contributed by atoms with van der Waals surface area (Å²) in [4.78, 5) is 0. The third-order valence-electron chi connectivity index (χ3n) is 4.23. The second kappa shape index (κ2) is 8.97. The Balaban J connectivity index is 1.63. The fraction of sp³-hybridized carbons (Fsp3) is 0.182. The van der Waals surface area contributed by atoms with Crippen LogP contribution in [0.15, 0.2) is 71.2 Å². The van der Waals surface area contributed by atoms with Gasteiger partial charge >= 0.3 is 0 Å². The average molecular weight is 415 g/mol. The molecule has 3 aromatic rings. The van der Waals surface area contributed by atoms with Crippen molar-refractivity contribution in [2.45, 2.75) is 26.6 Å². The minimum absolute atomic E-state index is 0.221. The SMILES string of the molecule is Cc1ccc(C[NH2+]Cc2cc(Br)ccc2OCc2ccccc2F)cc1. The number of rotatable bonds is 7. The summed E-state index contributed by atoms with van der Waals surface area (Å²) in [5.74, 6) is 0.550. The van der Waals surface area contributed by atoms with Gasteiger partial charge in [0.25, 0.3) is 0 Å². The fourth-order valence-corrected chi connectivity index (χ4v) is 3.15. The van der Waals surface area contributed by atoms with Crippen molar-refractivity contribution in [2.24, 2.45) is 0 Å². The summed E-state index contributed by atoms with van der Waals surface area (Å²) in [5.41, 5.74) is 4.21. The maximum absolute atomic E-state index is 13.8. The van der Waals surface area contributed by atoms with Crippen LogP contribution in [0, 0.1) is 12.7 Å². The molecule has 0 bridgehead atoms. The van der Waals surface area contributed by atoms with Gasteiger partial charge in [-0.3, -0.25) is 0 Å². The number of nitrogens with two attached hydrogens (primary N) is 1. The highest BCUT2D eigenvalue weighted by Crippen LogP contribution is 2.24. The van der Waals surface area contributed by atoms with Crippen LogP contribution in [0.25, 0.3) is 0 Å². The normalized spacial score (nSPS) is 10.7. The molecule has 0 unspecified atom stereocenters. The van der Waals surface area contributed by atoms with Gasteiger partial charge in [0.15, 0.2) is 0 Å². The Labute approximate surface area is 162 Å². The molecule has 3 rings (SSSR count). The Bertz CT molecular complexity index is 864. The van der Waals surface area contributed by atoms with Gasteiger partial charge in [0.2, 0.25) is 0 Å². The molecule has 0 atom stereocenters. The highest BCUT2D eigenvalue weighted by molar-refractivity contribution is 9.10. The van der Waals surface area contributed by atoms with Crippen LogP contribution < -0.4 is 10.1 Å². The standard InChI is InChI=1S/C22H21BrFNO/c1-16-6-8-17(9-7-16)13-25-14-19-12-20(23)10-11-22(19)26-15-18-4-2-3-5-21(18)24/h2-12,25H,13-15H2,1H3/p+1. The summed E-state index contributed by atoms with van der Waals surface area (Å²) in [6.07, 6.45) is 0. The molecular weight excluding hydrogens is 393 g/mol. The van der Waals surface area contributed by atoms with Crippen molar-refractivity contribution in [3.05, 3.63) is 99.3 Å². The summed E-state index contributed by atoms with van der Waals surface area (Å²) in [6, 6.07) is 21.2. The van der Waals surface area contributed by atoms with Crippen LogP contribution >= 0.6 is 15.9 Å². The van der Waals surface area contributed by atoms with E-state index in [1.54, 1.807) is 12.1 Å². The van der Waals surface area contributed by atoms with Crippen LogP contribution in [0.3, 0.4) is 0 Å². The topological polar surface area (TPSA) is 25.8 Å². The van der Waals surface area contributed by atoms with Crippen LogP contribution in [0.5, 0.6) is 5.75 Å². The Hall–Kier alpha value is -2.17. The highest BCUT2D eigenvalue weighted by atomic mass is 79.9. The lowest BCUT2D eigenvalue weighted by Crippen LogP contribution is -2.80. The van der Waals surface area contributed by atoms with Gasteiger partial charge < -0.3 is 10.1 Å². The Morgan fingerprint density at radius 3 is 2.46 bits per heavy atom. The second-order valence-corrected chi connectivity index (χ2v) is 7.23. The number of ether oxygens (including phenoxy) is 1. The molecule has 0 radical (unpaired) electrons. The van der Waals surface area contributed by atoms with Gasteiger partial charge in [0.05, 0.1) is 0 Å². The lowest BCUT2D eigenvalue weighted by molar-refractivity contribution is -0.686. The smallest absolute Gasteiger partial charge is 0.129 e. The molecule has 26 heavy (non-hydrogen) atoms. The fourth-order valence-electron chi connectivity index (χ4n) is 2.74. The number of hydrogen-bond donors (Lipinski definition) is 1. The molecule has 0 spiro atoms. The van der Waals surface area contributed by atoms with Crippen molar-refractivity contribution in [3.8, 4) is 5.75 Å². The van der Waals surface area contributed by atoms with E-state index in [1.807, 2.05) is 18.2 Å². The van der Waals surface area contributed by atoms with Crippen molar-refractivity contribution in [2.75, 3.05) is 0 Å². The van der Waals surface area contributed by atoms with E-state index in [-0.39, 0.29) is 12.4 Å². The minimum atomic E-state index is -0.239. The zero-order valence-electron chi connectivity index (χ0n) is 14.7. The summed E-state index contributed by atoms with van der Waals surface area (Å²) < 4.78 is 20.7. The van der Waals surface area contributed by atoms with Crippen molar-refractivity contribution in [3.63, 3.8) is 0 Å². The van der Waals surface area contributed by atoms with Gasteiger partial charge in [-0.25, -0.2) is 4.39 Å². The van der Waals surface area contributed by atoms with Crippen LogP contribution in [-0.4, -0.2) is 0 Å². The lowest BCUT2D eigenvalue weighted by Gasteiger charge is -2.12. The van der Waals surface area contributed by atoms with Crippen molar-refractivity contribution < 1.29 is 14.4 Å². The molecule has 2 nitrogen and oxygen atoms in total. The molecule has 0 aliphatic carbocycles. The predicted molar refractivity (Wildman–Crippen MR) is 105 cm³/mol. The molecule has 0 saturated heterocycles. The summed E-state index contributed by atoms with van der Waals surface area (Å²) >= 11 is 3.52. The van der Waals surface area contributed by atoms with Crippen LogP contribution in [-0.2, 0) is 19.7 Å². The molecule has 3 aromatic carbocycles. The van der Waals surface area contributed by atoms with Crippen molar-refractivity contribution in [1.29, 1.82) is 0 Å². The largest absolute Gasteiger partial charge is 0.488 e. The van der Waals surface area contributed by atoms with E-state index in [4.69, 9.17) is 4.74 Å². The molecule has 2 N–H and O–H groups in total. The first-order chi connectivity index (χ1) is 12.6. The van der Waals surface area contributed by atoms with E-state index in [1.165, 1.54) is 17.2 Å². The van der Waals surface area contributed by atoms with E-state index < -0.39 is 0 Å². The van der Waals surface area contributed by atoms with E-state index in [0.29, 0.717) is 5.56 Å². The van der Waals surface area contributed by atoms with Gasteiger partial charge in [-0.2, -0.15) is 0 Å². The molecule has 0 heterocycles. The number of quaternary nitrogens is 1. The first-order valence-electron chi connectivity index (χ1n) is 8.63. The Morgan fingerprint density at radius 1 is 0.923 bits per heavy atom. The van der Waals surface area contributed by atoms with E-state index in [0.717, 1.165) is 28.9 Å². The number of benzene rings is 3. The summed E-state index contributed by atoms with van der Waals surface area (Å²) in [6.45, 7) is 4.01. The molecule has 0 aliphatic rings. The Kier molecular flexibility index (Phi) is 6.42. The quantitative estimate of drug-likeness (QED) is 0.593. The lowest BCUT2D eigenvalue weighted by atomic mass is 10.1. The van der Waals surface area contributed by atoms with Crippen molar-refractivity contribution >= 4 is 15.9 Å². The number of hydrogen-bond acceptors (Lipinski definition) is 1. The average Bonchev–Trinajstić information content (AvgIpc) is 2.64. The molecule has 4 heteroatoms. The molecule has 0 fully saturated rings. The van der Waals surface area contributed by atoms with E-state index in [9.17, 15) is 4.39 Å². The third kappa shape index (κ3) is 5.16. The van der Waals surface area contributed by atoms with Crippen LogP contribution in [0.4, 0.5) is 4.39 Å². The zero-order valence-corrected chi connectivity index (χ0v) is 16.3. The maximum atomic E-state index is 13.8. The number of halogens is 2. The molecule has 0 aromatic heterocycles. The predicted octanol–water partition coefficient (Wildman–Crippen LogP) is 4.74. The van der Waals surface area contributed by atoms with E-state index in [2.05, 4.69) is 58.5 Å². The first kappa shape index (κ1) is 18.6. The van der Waals surface area contributed by atoms with Gasteiger partial charge in [0, 0.05) is 21.2 Å². The molecule has 134 valence electrons. The minimum Gasteiger partial charge on any atom is -0.488 e. The summed E-state index contributed by atoms with van der Waals surface area (Å²) in [7, 11) is 0. The molecular formula is C22H22BrFNO+. The highest BCUT2D eigenvalue weighted by Gasteiger charge is 2.09. The maximum Gasteiger partial charge on any atom is 0.129 e.